The first-order valence-corrected chi connectivity index (χ1v) is 7.65. The van der Waals surface area contributed by atoms with Gasteiger partial charge in [-0.1, -0.05) is 40.9 Å². The number of carbonyl (C=O) groups excluding carboxylic acids is 2. The first kappa shape index (κ1) is 17.4. The van der Waals surface area contributed by atoms with E-state index >= 15 is 0 Å². The zero-order chi connectivity index (χ0) is 17.1. The largest absolute Gasteiger partial charge is 0.453 e. The number of esters is 1. The molecule has 0 unspecified atom stereocenters. The van der Waals surface area contributed by atoms with Crippen molar-refractivity contribution in [3.8, 4) is 0 Å². The van der Waals surface area contributed by atoms with Gasteiger partial charge in [0.1, 0.15) is 5.15 Å². The Morgan fingerprint density at radius 3 is 2.30 bits per heavy atom. The van der Waals surface area contributed by atoms with Gasteiger partial charge in [0.15, 0.2) is 12.3 Å². The molecule has 0 fully saturated rings. The summed E-state index contributed by atoms with van der Waals surface area (Å²) in [6, 6.07) is 6.74. The van der Waals surface area contributed by atoms with Crippen molar-refractivity contribution in [2.24, 2.45) is 0 Å². The van der Waals surface area contributed by atoms with Crippen LogP contribution in [0.15, 0.2) is 24.3 Å². The van der Waals surface area contributed by atoms with E-state index < -0.39 is 5.97 Å². The van der Waals surface area contributed by atoms with Crippen molar-refractivity contribution in [3.05, 3.63) is 62.4 Å². The predicted molar refractivity (Wildman–Crippen MR) is 89.5 cm³/mol. The van der Waals surface area contributed by atoms with Crippen LogP contribution in [0.5, 0.6) is 0 Å². The maximum absolute atomic E-state index is 12.3. The average Bonchev–Trinajstić information content (AvgIpc) is 2.46. The van der Waals surface area contributed by atoms with E-state index in [4.69, 9.17) is 27.9 Å². The second kappa shape index (κ2) is 7.11. The maximum atomic E-state index is 12.3. The minimum absolute atomic E-state index is 0.107. The van der Waals surface area contributed by atoms with Gasteiger partial charge < -0.3 is 4.74 Å². The van der Waals surface area contributed by atoms with E-state index in [-0.39, 0.29) is 28.3 Å². The predicted octanol–water partition coefficient (Wildman–Crippen LogP) is 4.35. The third kappa shape index (κ3) is 4.09. The first-order chi connectivity index (χ1) is 10.8. The monoisotopic (exact) mass is 351 g/mol. The summed E-state index contributed by atoms with van der Waals surface area (Å²) in [7, 11) is 0. The SMILES string of the molecule is Cc1cc(C)c(C(=O)COC(=O)c2nc(Cl)ccc2Cl)c(C)c1. The molecule has 23 heavy (non-hydrogen) atoms. The van der Waals surface area contributed by atoms with Gasteiger partial charge in [-0.2, -0.15) is 0 Å². The van der Waals surface area contributed by atoms with Crippen LogP contribution in [0.1, 0.15) is 37.5 Å². The van der Waals surface area contributed by atoms with Crippen molar-refractivity contribution >= 4 is 35.0 Å². The molecule has 0 bridgehead atoms. The lowest BCUT2D eigenvalue weighted by molar-refractivity contribution is 0.0468. The van der Waals surface area contributed by atoms with Gasteiger partial charge in [0.25, 0.3) is 0 Å². The van der Waals surface area contributed by atoms with Gasteiger partial charge in [-0.15, -0.1) is 0 Å². The molecule has 1 aromatic heterocycles. The summed E-state index contributed by atoms with van der Waals surface area (Å²) in [4.78, 5) is 28.1. The summed E-state index contributed by atoms with van der Waals surface area (Å²) < 4.78 is 5.03. The molecule has 6 heteroatoms. The van der Waals surface area contributed by atoms with E-state index in [0.717, 1.165) is 16.7 Å². The average molecular weight is 352 g/mol. The summed E-state index contributed by atoms with van der Waals surface area (Å²) in [5.41, 5.74) is 3.23. The van der Waals surface area contributed by atoms with E-state index in [1.54, 1.807) is 0 Å². The second-order valence-electron chi connectivity index (χ2n) is 5.24. The van der Waals surface area contributed by atoms with Gasteiger partial charge in [0.05, 0.1) is 5.02 Å². The smallest absolute Gasteiger partial charge is 0.359 e. The van der Waals surface area contributed by atoms with Crippen LogP contribution >= 0.6 is 23.2 Å². The number of ether oxygens (including phenoxy) is 1. The Balaban J connectivity index is 2.13. The van der Waals surface area contributed by atoms with Crippen molar-refractivity contribution in [2.75, 3.05) is 6.61 Å². The number of ketones is 1. The molecule has 1 heterocycles. The van der Waals surface area contributed by atoms with Crippen LogP contribution in [0.25, 0.3) is 0 Å². The van der Waals surface area contributed by atoms with Crippen molar-refractivity contribution in [2.45, 2.75) is 20.8 Å². The Morgan fingerprint density at radius 1 is 1.09 bits per heavy atom. The summed E-state index contributed by atoms with van der Waals surface area (Å²) >= 11 is 11.6. The topological polar surface area (TPSA) is 56.3 Å². The molecule has 1 aromatic carbocycles. The molecule has 120 valence electrons. The molecule has 2 aromatic rings. The first-order valence-electron chi connectivity index (χ1n) is 6.90. The van der Waals surface area contributed by atoms with Crippen LogP contribution in [0, 0.1) is 20.8 Å². The zero-order valence-electron chi connectivity index (χ0n) is 12.9. The highest BCUT2D eigenvalue weighted by Crippen LogP contribution is 2.19. The second-order valence-corrected chi connectivity index (χ2v) is 6.03. The molecule has 4 nitrogen and oxygen atoms in total. The minimum atomic E-state index is -0.784. The number of benzene rings is 1. The summed E-state index contributed by atoms with van der Waals surface area (Å²) in [5, 5.41) is 0.243. The standard InChI is InChI=1S/C17H15Cl2NO3/c1-9-6-10(2)15(11(3)7-9)13(21)8-23-17(22)16-12(18)4-5-14(19)20-16/h4-7H,8H2,1-3H3. The fraction of sp³-hybridized carbons (Fsp3) is 0.235. The van der Waals surface area contributed by atoms with Gasteiger partial charge in [-0.05, 0) is 44.0 Å². The summed E-state index contributed by atoms with van der Waals surface area (Å²) in [6.07, 6.45) is 0. The minimum Gasteiger partial charge on any atom is -0.453 e. The molecule has 0 N–H and O–H groups in total. The van der Waals surface area contributed by atoms with Gasteiger partial charge >= 0.3 is 5.97 Å². The van der Waals surface area contributed by atoms with Crippen molar-refractivity contribution in [1.29, 1.82) is 0 Å². The van der Waals surface area contributed by atoms with E-state index in [1.807, 2.05) is 32.9 Å². The number of halogens is 2. The van der Waals surface area contributed by atoms with Crippen molar-refractivity contribution < 1.29 is 14.3 Å². The van der Waals surface area contributed by atoms with E-state index in [1.165, 1.54) is 12.1 Å². The third-order valence-corrected chi connectivity index (χ3v) is 3.81. The highest BCUT2D eigenvalue weighted by atomic mass is 35.5. The number of rotatable bonds is 4. The number of aromatic nitrogens is 1. The van der Waals surface area contributed by atoms with Crippen LogP contribution in [-0.2, 0) is 4.74 Å². The fourth-order valence-corrected chi connectivity index (χ4v) is 2.78. The quantitative estimate of drug-likeness (QED) is 0.466. The maximum Gasteiger partial charge on any atom is 0.359 e. The zero-order valence-corrected chi connectivity index (χ0v) is 14.5. The van der Waals surface area contributed by atoms with Gasteiger partial charge in [-0.3, -0.25) is 4.79 Å². The lowest BCUT2D eigenvalue weighted by atomic mass is 9.97. The molecule has 0 aliphatic rings. The lowest BCUT2D eigenvalue weighted by Gasteiger charge is -2.11. The van der Waals surface area contributed by atoms with Gasteiger partial charge in [0.2, 0.25) is 5.78 Å². The summed E-state index contributed by atoms with van der Waals surface area (Å²) in [6.45, 7) is 5.28. The molecule has 2 rings (SSSR count). The van der Waals surface area contributed by atoms with Gasteiger partial charge in [0, 0.05) is 5.56 Å². The molecule has 0 saturated carbocycles. The molecule has 0 atom stereocenters. The number of nitrogens with zero attached hydrogens (tertiary/aromatic N) is 1. The highest BCUT2D eigenvalue weighted by molar-refractivity contribution is 6.34. The van der Waals surface area contributed by atoms with Crippen molar-refractivity contribution in [3.63, 3.8) is 0 Å². The molecule has 0 aliphatic heterocycles. The Kier molecular flexibility index (Phi) is 5.39. The number of aryl methyl sites for hydroxylation is 3. The van der Waals surface area contributed by atoms with Crippen LogP contribution < -0.4 is 0 Å². The molecule has 0 saturated heterocycles. The van der Waals surface area contributed by atoms with E-state index in [9.17, 15) is 9.59 Å². The number of hydrogen-bond acceptors (Lipinski definition) is 4. The normalized spacial score (nSPS) is 10.5. The molecular formula is C17H15Cl2NO3. The fourth-order valence-electron chi connectivity index (χ4n) is 2.45. The number of carbonyl (C=O) groups is 2. The third-order valence-electron chi connectivity index (χ3n) is 3.30. The molecule has 0 amide bonds. The molecular weight excluding hydrogens is 337 g/mol. The molecule has 0 aliphatic carbocycles. The molecule has 0 radical (unpaired) electrons. The Hall–Kier alpha value is -1.91. The highest BCUT2D eigenvalue weighted by Gasteiger charge is 2.18. The van der Waals surface area contributed by atoms with Gasteiger partial charge in [-0.25, -0.2) is 9.78 Å². The Labute approximate surface area is 144 Å². The number of pyridine rings is 1. The lowest BCUT2D eigenvalue weighted by Crippen LogP contribution is -2.17. The van der Waals surface area contributed by atoms with Crippen LogP contribution in [0.4, 0.5) is 0 Å². The van der Waals surface area contributed by atoms with Crippen molar-refractivity contribution in [1.82, 2.24) is 4.98 Å². The van der Waals surface area contributed by atoms with E-state index in [0.29, 0.717) is 5.56 Å². The molecule has 0 spiro atoms. The van der Waals surface area contributed by atoms with Crippen LogP contribution in [-0.4, -0.2) is 23.3 Å². The van der Waals surface area contributed by atoms with Crippen LogP contribution in [0.2, 0.25) is 10.2 Å². The number of Topliss-reactive ketones (excluding diaryl/α,β-unsaturated/α-hetero) is 1. The van der Waals surface area contributed by atoms with E-state index in [2.05, 4.69) is 4.98 Å². The Morgan fingerprint density at radius 2 is 1.70 bits per heavy atom. The number of hydrogen-bond donors (Lipinski definition) is 0. The summed E-state index contributed by atoms with van der Waals surface area (Å²) in [5.74, 6) is -1.06. The Bertz CT molecular complexity index is 764. The van der Waals surface area contributed by atoms with Crippen LogP contribution in [0.3, 0.4) is 0 Å².